The summed E-state index contributed by atoms with van der Waals surface area (Å²) in [6.45, 7) is 0.772. The molecule has 9 heteroatoms. The summed E-state index contributed by atoms with van der Waals surface area (Å²) in [5.41, 5.74) is -0.754. The molecule has 0 radical (unpaired) electrons. The molecule has 1 saturated heterocycles. The number of carbonyl (C=O) groups excluding carboxylic acids is 1. The molecular weight excluding hydrogens is 258 g/mol. The number of carboxylic acids is 1. The number of anilines is 1. The molecule has 0 aliphatic carbocycles. The van der Waals surface area contributed by atoms with Crippen LogP contribution in [0.3, 0.4) is 0 Å². The Morgan fingerprint density at radius 3 is 2.63 bits per heavy atom. The van der Waals surface area contributed by atoms with E-state index in [9.17, 15) is 23.1 Å². The maximum absolute atomic E-state index is 12.4. The fourth-order valence-electron chi connectivity index (χ4n) is 1.81. The van der Waals surface area contributed by atoms with E-state index in [2.05, 4.69) is 10.2 Å². The van der Waals surface area contributed by atoms with Crippen molar-refractivity contribution < 1.29 is 41.9 Å². The summed E-state index contributed by atoms with van der Waals surface area (Å²) >= 11 is 0. The Balaban J connectivity index is 0.00000180. The molecule has 1 aliphatic rings. The molecule has 19 heavy (non-hydrogen) atoms. The van der Waals surface area contributed by atoms with E-state index in [-0.39, 0.29) is 31.2 Å². The summed E-state index contributed by atoms with van der Waals surface area (Å²) in [5.74, 6) is -1.24. The zero-order valence-corrected chi connectivity index (χ0v) is 10.1. The molecule has 0 aromatic carbocycles. The smallest absolute Gasteiger partial charge is 0.550 e. The molecule has 0 atom stereocenters. The summed E-state index contributed by atoms with van der Waals surface area (Å²) < 4.78 is 37.2. The zero-order chi connectivity index (χ0) is 13.3. The fraction of sp³-hybridized carbons (Fsp3) is 0.500. The van der Waals surface area contributed by atoms with Gasteiger partial charge in [0.05, 0.1) is 11.9 Å². The number of nitrogens with zero attached hydrogens (tertiary/aromatic N) is 3. The van der Waals surface area contributed by atoms with Crippen LogP contribution in [0.25, 0.3) is 0 Å². The van der Waals surface area contributed by atoms with Crippen molar-refractivity contribution in [1.82, 2.24) is 10.2 Å². The van der Waals surface area contributed by atoms with Gasteiger partial charge in [0.1, 0.15) is 0 Å². The molecule has 0 amide bonds. The van der Waals surface area contributed by atoms with Crippen molar-refractivity contribution in [3.05, 3.63) is 18.0 Å². The predicted octanol–water partition coefficient (Wildman–Crippen LogP) is -2.92. The van der Waals surface area contributed by atoms with Crippen LogP contribution in [-0.2, 0) is 11.0 Å². The van der Waals surface area contributed by atoms with E-state index in [1.807, 2.05) is 0 Å². The molecule has 98 valence electrons. The third-order valence-corrected chi connectivity index (χ3v) is 2.71. The number of aliphatic carboxylic acids is 1. The topological polar surface area (TPSA) is 69.2 Å². The van der Waals surface area contributed by atoms with Gasteiger partial charge < -0.3 is 14.8 Å². The van der Waals surface area contributed by atoms with Gasteiger partial charge in [0.15, 0.2) is 5.69 Å². The molecule has 2 rings (SSSR count). The SMILES string of the molecule is O=C([O-])CC1CN(c2cnnc(C(F)(F)F)c2)C1.[Li+]. The minimum Gasteiger partial charge on any atom is -0.550 e. The number of carboxylic acid groups (broad SMARTS) is 1. The molecule has 0 unspecified atom stereocenters. The molecule has 1 fully saturated rings. The Hall–Kier alpha value is -1.26. The first-order valence-corrected chi connectivity index (χ1v) is 5.21. The van der Waals surface area contributed by atoms with Gasteiger partial charge >= 0.3 is 25.0 Å². The number of hydrogen-bond donors (Lipinski definition) is 0. The van der Waals surface area contributed by atoms with Crippen LogP contribution >= 0.6 is 0 Å². The Kier molecular flexibility index (Phi) is 4.82. The molecule has 5 nitrogen and oxygen atoms in total. The van der Waals surface area contributed by atoms with Gasteiger partial charge in [-0.2, -0.15) is 18.3 Å². The number of halogens is 3. The van der Waals surface area contributed by atoms with Gasteiger partial charge in [-0.1, -0.05) is 0 Å². The first-order chi connectivity index (χ1) is 8.36. The average molecular weight is 267 g/mol. The van der Waals surface area contributed by atoms with Crippen molar-refractivity contribution in [2.75, 3.05) is 18.0 Å². The van der Waals surface area contributed by atoms with Gasteiger partial charge in [-0.15, -0.1) is 5.10 Å². The van der Waals surface area contributed by atoms with Crippen LogP contribution in [0.5, 0.6) is 0 Å². The van der Waals surface area contributed by atoms with Crippen molar-refractivity contribution in [2.45, 2.75) is 12.6 Å². The Bertz CT molecular complexity index is 464. The van der Waals surface area contributed by atoms with Gasteiger partial charge in [-0.3, -0.25) is 0 Å². The van der Waals surface area contributed by atoms with Gasteiger partial charge in [0, 0.05) is 19.1 Å². The van der Waals surface area contributed by atoms with Crippen LogP contribution in [0, 0.1) is 5.92 Å². The van der Waals surface area contributed by atoms with Crippen LogP contribution in [0.2, 0.25) is 0 Å². The Morgan fingerprint density at radius 1 is 1.47 bits per heavy atom. The van der Waals surface area contributed by atoms with E-state index < -0.39 is 17.8 Å². The van der Waals surface area contributed by atoms with Gasteiger partial charge in [-0.05, 0) is 18.4 Å². The van der Waals surface area contributed by atoms with Crippen molar-refractivity contribution in [1.29, 1.82) is 0 Å². The minimum atomic E-state index is -4.53. The summed E-state index contributed by atoms with van der Waals surface area (Å²) in [5, 5.41) is 16.6. The number of aromatic nitrogens is 2. The van der Waals surface area contributed by atoms with E-state index in [0.717, 1.165) is 6.07 Å². The third kappa shape index (κ3) is 3.85. The summed E-state index contributed by atoms with van der Waals surface area (Å²) in [6, 6.07) is 0.905. The Morgan fingerprint density at radius 2 is 2.11 bits per heavy atom. The third-order valence-electron chi connectivity index (χ3n) is 2.71. The normalized spacial score (nSPS) is 15.6. The van der Waals surface area contributed by atoms with Crippen LogP contribution in [-0.4, -0.2) is 29.3 Å². The van der Waals surface area contributed by atoms with Crippen molar-refractivity contribution in [3.8, 4) is 0 Å². The van der Waals surface area contributed by atoms with E-state index in [1.165, 1.54) is 6.20 Å². The first-order valence-electron chi connectivity index (χ1n) is 5.21. The quantitative estimate of drug-likeness (QED) is 0.549. The van der Waals surface area contributed by atoms with E-state index in [0.29, 0.717) is 18.8 Å². The molecule has 1 aromatic rings. The average Bonchev–Trinajstić information content (AvgIpc) is 2.21. The van der Waals surface area contributed by atoms with Crippen molar-refractivity contribution >= 4 is 11.7 Å². The molecule has 0 N–H and O–H groups in total. The zero-order valence-electron chi connectivity index (χ0n) is 10.1. The van der Waals surface area contributed by atoms with Crippen LogP contribution in [0.1, 0.15) is 12.1 Å². The summed E-state index contributed by atoms with van der Waals surface area (Å²) in [7, 11) is 0. The maximum Gasteiger partial charge on any atom is 1.00 e. The molecule has 0 bridgehead atoms. The van der Waals surface area contributed by atoms with E-state index >= 15 is 0 Å². The second kappa shape index (κ2) is 5.80. The number of carbonyl (C=O) groups is 1. The molecular formula is C10H9F3LiN3O2. The monoisotopic (exact) mass is 267 g/mol. The van der Waals surface area contributed by atoms with Crippen molar-refractivity contribution in [2.24, 2.45) is 5.92 Å². The van der Waals surface area contributed by atoms with E-state index in [4.69, 9.17) is 0 Å². The number of rotatable bonds is 3. The molecule has 1 aromatic heterocycles. The second-order valence-electron chi connectivity index (χ2n) is 4.14. The van der Waals surface area contributed by atoms with Gasteiger partial charge in [0.2, 0.25) is 0 Å². The minimum absolute atomic E-state index is 0. The molecule has 0 spiro atoms. The van der Waals surface area contributed by atoms with E-state index in [1.54, 1.807) is 4.90 Å². The van der Waals surface area contributed by atoms with Crippen LogP contribution < -0.4 is 28.9 Å². The predicted molar refractivity (Wildman–Crippen MR) is 52.4 cm³/mol. The second-order valence-corrected chi connectivity index (χ2v) is 4.14. The summed E-state index contributed by atoms with van der Waals surface area (Å²) in [6.07, 6.45) is -3.39. The first kappa shape index (κ1) is 15.8. The Labute approximate surface area is 119 Å². The van der Waals surface area contributed by atoms with Crippen LogP contribution in [0.15, 0.2) is 12.3 Å². The van der Waals surface area contributed by atoms with Crippen LogP contribution in [0.4, 0.5) is 18.9 Å². The largest absolute Gasteiger partial charge is 1.00 e. The number of hydrogen-bond acceptors (Lipinski definition) is 5. The standard InChI is InChI=1S/C10H10F3N3O2.Li/c11-10(12,13)8-2-7(3-14-15-8)16-4-6(5-16)1-9(17)18;/h2-3,6H,1,4-5H2,(H,17,18);/q;+1/p-1. The maximum atomic E-state index is 12.4. The molecule has 1 aliphatic heterocycles. The van der Waals surface area contributed by atoms with Gasteiger partial charge in [0.25, 0.3) is 0 Å². The van der Waals surface area contributed by atoms with Gasteiger partial charge in [-0.25, -0.2) is 0 Å². The van der Waals surface area contributed by atoms with Crippen molar-refractivity contribution in [3.63, 3.8) is 0 Å². The number of alkyl halides is 3. The fourth-order valence-corrected chi connectivity index (χ4v) is 1.81. The molecule has 0 saturated carbocycles. The summed E-state index contributed by atoms with van der Waals surface area (Å²) in [4.78, 5) is 12.0. The molecule has 2 heterocycles.